The minimum Gasteiger partial charge on any atom is -0.155 e. The van der Waals surface area contributed by atoms with Gasteiger partial charge < -0.3 is 0 Å². The summed E-state index contributed by atoms with van der Waals surface area (Å²) >= 11 is 15.0. The van der Waals surface area contributed by atoms with E-state index in [0.717, 1.165) is 24.9 Å². The lowest BCUT2D eigenvalue weighted by atomic mass is 10.3. The van der Waals surface area contributed by atoms with Crippen LogP contribution >= 0.6 is 22.2 Å². The monoisotopic (exact) mass is 490 g/mol. The first kappa shape index (κ1) is 23.1. The minimum absolute atomic E-state index is 1.01. The van der Waals surface area contributed by atoms with Gasteiger partial charge in [0.05, 0.1) is 0 Å². The van der Waals surface area contributed by atoms with Crippen LogP contribution in [0.1, 0.15) is 12.8 Å². The van der Waals surface area contributed by atoms with E-state index in [0.29, 0.717) is 0 Å². The van der Waals surface area contributed by atoms with E-state index in [1.807, 2.05) is 0 Å². The quantitative estimate of drug-likeness (QED) is 0.159. The Labute approximate surface area is 203 Å². The van der Waals surface area contributed by atoms with Crippen molar-refractivity contribution < 1.29 is 0 Å². The predicted molar refractivity (Wildman–Crippen MR) is 146 cm³/mol. The van der Waals surface area contributed by atoms with Gasteiger partial charge in [-0.1, -0.05) is 134 Å². The first-order chi connectivity index (χ1) is 15.6. The van der Waals surface area contributed by atoms with Crippen LogP contribution < -0.4 is 20.7 Å². The fourth-order valence-electron chi connectivity index (χ4n) is 4.46. The van der Waals surface area contributed by atoms with Gasteiger partial charge in [-0.25, -0.2) is 0 Å². The molecule has 4 aromatic carbocycles. The second-order valence-electron chi connectivity index (χ2n) is 8.27. The van der Waals surface area contributed by atoms with E-state index in [1.54, 1.807) is 0 Å². The second kappa shape index (κ2) is 10.7. The second-order valence-corrected chi connectivity index (χ2v) is 18.7. The molecule has 0 heterocycles. The first-order valence-corrected chi connectivity index (χ1v) is 17.7. The molecule has 0 unspecified atom stereocenters. The number of rotatable bonds is 9. The van der Waals surface area contributed by atoms with Crippen LogP contribution in [-0.4, -0.2) is 14.8 Å². The summed E-state index contributed by atoms with van der Waals surface area (Å²) in [7, 11) is -4.62. The molecule has 0 N–H and O–H groups in total. The molecule has 4 rings (SSSR count). The van der Waals surface area contributed by atoms with Crippen LogP contribution in [0.4, 0.5) is 0 Å². The molecule has 0 aromatic heterocycles. The summed E-state index contributed by atoms with van der Waals surface area (Å²) in [6.07, 6.45) is 2.14. The summed E-state index contributed by atoms with van der Waals surface area (Å²) in [4.78, 5) is 0. The highest BCUT2D eigenvalue weighted by Crippen LogP contribution is 2.24. The maximum absolute atomic E-state index is 7.49. The highest BCUT2D eigenvalue weighted by Gasteiger charge is 2.37. The summed E-state index contributed by atoms with van der Waals surface area (Å²) in [5, 5.41) is 5.14. The Morgan fingerprint density at radius 3 is 0.812 bits per heavy atom. The van der Waals surface area contributed by atoms with Crippen molar-refractivity contribution in [2.75, 3.05) is 0 Å². The van der Waals surface area contributed by atoms with Gasteiger partial charge in [0.1, 0.15) is 0 Å². The molecule has 0 amide bonds. The smallest absolute Gasteiger partial charge is 0.155 e. The van der Waals surface area contributed by atoms with Crippen LogP contribution in [0.3, 0.4) is 0 Å². The Morgan fingerprint density at radius 2 is 0.594 bits per heavy atom. The van der Waals surface area contributed by atoms with Crippen molar-refractivity contribution in [3.63, 3.8) is 0 Å². The van der Waals surface area contributed by atoms with Gasteiger partial charge in [0.25, 0.3) is 0 Å². The molecular weight excluding hydrogens is 463 g/mol. The minimum atomic E-state index is -2.31. The van der Waals surface area contributed by atoms with Crippen LogP contribution in [0.25, 0.3) is 0 Å². The van der Waals surface area contributed by atoms with E-state index in [1.165, 1.54) is 20.7 Å². The molecule has 0 atom stereocenters. The molecule has 0 aliphatic heterocycles. The van der Waals surface area contributed by atoms with Gasteiger partial charge in [-0.05, 0) is 32.8 Å². The molecule has 0 aliphatic carbocycles. The molecule has 4 aromatic rings. The summed E-state index contributed by atoms with van der Waals surface area (Å²) in [6.45, 7) is 0. The molecule has 0 nitrogen and oxygen atoms in total. The zero-order valence-electron chi connectivity index (χ0n) is 18.1. The maximum Gasteiger partial charge on any atom is 0.217 e. The van der Waals surface area contributed by atoms with Gasteiger partial charge >= 0.3 is 0 Å². The normalized spacial score (nSPS) is 11.9. The van der Waals surface area contributed by atoms with Crippen LogP contribution in [0.5, 0.6) is 0 Å². The molecule has 32 heavy (non-hydrogen) atoms. The van der Waals surface area contributed by atoms with Crippen molar-refractivity contribution in [3.8, 4) is 0 Å². The maximum atomic E-state index is 7.49. The number of benzene rings is 4. The van der Waals surface area contributed by atoms with Crippen LogP contribution in [0, 0.1) is 0 Å². The Kier molecular flexibility index (Phi) is 7.69. The van der Waals surface area contributed by atoms with Crippen molar-refractivity contribution in [1.82, 2.24) is 0 Å². The van der Waals surface area contributed by atoms with Gasteiger partial charge in [-0.3, -0.25) is 0 Å². The van der Waals surface area contributed by atoms with Gasteiger partial charge in [-0.15, -0.1) is 0 Å². The van der Waals surface area contributed by atoms with E-state index < -0.39 is 14.8 Å². The molecule has 0 aliphatic rings. The van der Waals surface area contributed by atoms with E-state index in [2.05, 4.69) is 121 Å². The lowest BCUT2D eigenvalue weighted by Gasteiger charge is -2.28. The fraction of sp³-hybridized carbons (Fsp3) is 0.143. The zero-order valence-corrected chi connectivity index (χ0v) is 21.6. The third kappa shape index (κ3) is 5.10. The van der Waals surface area contributed by atoms with Crippen LogP contribution in [0.15, 0.2) is 121 Å². The molecule has 0 fully saturated rings. The summed E-state index contributed by atoms with van der Waals surface area (Å²) in [5.41, 5.74) is 0. The average Bonchev–Trinajstić information content (AvgIpc) is 2.88. The van der Waals surface area contributed by atoms with Crippen molar-refractivity contribution in [2.24, 2.45) is 0 Å². The van der Waals surface area contributed by atoms with Gasteiger partial charge in [0.15, 0.2) is 0 Å². The van der Waals surface area contributed by atoms with Crippen molar-refractivity contribution in [3.05, 3.63) is 121 Å². The molecular formula is C28H28Cl2Si2. The van der Waals surface area contributed by atoms with Gasteiger partial charge in [0, 0.05) is 0 Å². The van der Waals surface area contributed by atoms with E-state index in [4.69, 9.17) is 22.2 Å². The standard InChI is InChI=1S/C28H28Cl2Si2/c29-31(25-15-5-1-6-16-25,26-17-7-2-8-18-26)23-13-14-24-32(30,27-19-9-3-10-20-27)28-21-11-4-12-22-28/h1-12,15-22H,13-14,23-24H2. The van der Waals surface area contributed by atoms with Crippen molar-refractivity contribution in [2.45, 2.75) is 24.9 Å². The number of halogens is 2. The van der Waals surface area contributed by atoms with Gasteiger partial charge in [0.2, 0.25) is 14.8 Å². The predicted octanol–water partition coefficient (Wildman–Crippen LogP) is 5.76. The Bertz CT molecular complexity index is 917. The Balaban J connectivity index is 1.54. The molecule has 0 saturated heterocycles. The average molecular weight is 492 g/mol. The Morgan fingerprint density at radius 1 is 0.375 bits per heavy atom. The highest BCUT2D eigenvalue weighted by molar-refractivity contribution is 7.34. The van der Waals surface area contributed by atoms with Crippen LogP contribution in [-0.2, 0) is 0 Å². The highest BCUT2D eigenvalue weighted by atomic mass is 35.6. The third-order valence-corrected chi connectivity index (χ3v) is 17.0. The summed E-state index contributed by atoms with van der Waals surface area (Å²) in [5.74, 6) is 0. The van der Waals surface area contributed by atoms with Crippen LogP contribution in [0.2, 0.25) is 12.1 Å². The molecule has 162 valence electrons. The zero-order chi connectivity index (χ0) is 22.3. The number of hydrogen-bond donors (Lipinski definition) is 0. The molecule has 4 heteroatoms. The molecule has 0 saturated carbocycles. The number of unbranched alkanes of at least 4 members (excludes halogenated alkanes) is 1. The van der Waals surface area contributed by atoms with Crippen molar-refractivity contribution >= 4 is 57.7 Å². The Hall–Kier alpha value is -2.11. The number of hydrogen-bond acceptors (Lipinski definition) is 0. The molecule has 0 bridgehead atoms. The van der Waals surface area contributed by atoms with E-state index in [-0.39, 0.29) is 0 Å². The lowest BCUT2D eigenvalue weighted by molar-refractivity contribution is 0.867. The fourth-order valence-corrected chi connectivity index (χ4v) is 12.9. The largest absolute Gasteiger partial charge is 0.217 e. The topological polar surface area (TPSA) is 0 Å². The van der Waals surface area contributed by atoms with Crippen molar-refractivity contribution in [1.29, 1.82) is 0 Å². The van der Waals surface area contributed by atoms with Gasteiger partial charge in [-0.2, -0.15) is 22.2 Å². The summed E-state index contributed by atoms with van der Waals surface area (Å²) < 4.78 is 0. The first-order valence-electron chi connectivity index (χ1n) is 11.2. The lowest BCUT2D eigenvalue weighted by Crippen LogP contribution is -2.54. The van der Waals surface area contributed by atoms with E-state index >= 15 is 0 Å². The molecule has 0 spiro atoms. The molecule has 0 radical (unpaired) electrons. The third-order valence-electron chi connectivity index (χ3n) is 6.22. The van der Waals surface area contributed by atoms with E-state index in [9.17, 15) is 0 Å². The SMILES string of the molecule is Cl[Si](CCCC[Si](Cl)(c1ccccc1)c1ccccc1)(c1ccccc1)c1ccccc1. The summed E-state index contributed by atoms with van der Waals surface area (Å²) in [6, 6.07) is 44.6.